The largest absolute Gasteiger partial charge is 0.462 e. The molecule has 112 valence electrons. The van der Waals surface area contributed by atoms with Crippen molar-refractivity contribution < 1.29 is 14.3 Å². The number of carbonyl (C=O) groups is 2. The number of aryl methyl sites for hydroxylation is 1. The lowest BCUT2D eigenvalue weighted by atomic mass is 10.1. The van der Waals surface area contributed by atoms with Crippen molar-refractivity contribution >= 4 is 24.1 Å². The van der Waals surface area contributed by atoms with Crippen molar-refractivity contribution in [2.75, 3.05) is 12.0 Å². The highest BCUT2D eigenvalue weighted by atomic mass is 32.1. The Balaban J connectivity index is 2.31. The Hall–Kier alpha value is -2.42. The summed E-state index contributed by atoms with van der Waals surface area (Å²) in [6.45, 7) is 5.39. The Kier molecular flexibility index (Phi) is 4.22. The van der Waals surface area contributed by atoms with E-state index in [1.54, 1.807) is 20.8 Å². The molecule has 0 aliphatic heterocycles. The molecule has 0 aromatic carbocycles. The van der Waals surface area contributed by atoms with Gasteiger partial charge in [0.25, 0.3) is 5.91 Å². The van der Waals surface area contributed by atoms with Gasteiger partial charge >= 0.3 is 5.97 Å². The highest BCUT2D eigenvalue weighted by Gasteiger charge is 2.23. The molecule has 21 heavy (non-hydrogen) atoms. The lowest BCUT2D eigenvalue weighted by Gasteiger charge is -2.05. The number of nitrogens with zero attached hydrogens (tertiary/aromatic N) is 2. The molecule has 0 spiro atoms. The van der Waals surface area contributed by atoms with Crippen molar-refractivity contribution in [3.05, 3.63) is 33.6 Å². The number of ether oxygens (including phenoxy) is 1. The maximum Gasteiger partial charge on any atom is 0.340 e. The molecule has 2 rings (SSSR count). The third-order valence-electron chi connectivity index (χ3n) is 2.92. The van der Waals surface area contributed by atoms with E-state index in [-0.39, 0.29) is 17.1 Å². The molecule has 2 aromatic heterocycles. The minimum atomic E-state index is -0.456. The first-order chi connectivity index (χ1) is 9.95. The molecular formula is C12H15N5O3S. The van der Waals surface area contributed by atoms with E-state index in [4.69, 9.17) is 17.0 Å². The number of rotatable bonds is 4. The third-order valence-corrected chi connectivity index (χ3v) is 3.21. The van der Waals surface area contributed by atoms with Gasteiger partial charge in [-0.2, -0.15) is 5.10 Å². The van der Waals surface area contributed by atoms with Gasteiger partial charge in [-0.1, -0.05) is 0 Å². The molecule has 0 saturated carbocycles. The van der Waals surface area contributed by atoms with Gasteiger partial charge in [-0.25, -0.2) is 9.47 Å². The van der Waals surface area contributed by atoms with Crippen molar-refractivity contribution in [1.82, 2.24) is 19.9 Å². The molecule has 2 aromatic rings. The van der Waals surface area contributed by atoms with Gasteiger partial charge in [-0.05, 0) is 38.6 Å². The minimum absolute atomic E-state index is 0.259. The first-order valence-electron chi connectivity index (χ1n) is 6.25. The van der Waals surface area contributed by atoms with Gasteiger partial charge in [-0.15, -0.1) is 0 Å². The molecule has 8 nitrogen and oxygen atoms in total. The summed E-state index contributed by atoms with van der Waals surface area (Å²) in [6, 6.07) is 0. The van der Waals surface area contributed by atoms with E-state index >= 15 is 0 Å². The van der Waals surface area contributed by atoms with Gasteiger partial charge in [0.05, 0.1) is 12.2 Å². The molecule has 3 N–H and O–H groups in total. The van der Waals surface area contributed by atoms with E-state index in [1.165, 1.54) is 11.0 Å². The summed E-state index contributed by atoms with van der Waals surface area (Å²) in [5.74, 6) is -0.883. The fourth-order valence-corrected chi connectivity index (χ4v) is 2.13. The molecule has 0 aliphatic rings. The summed E-state index contributed by atoms with van der Waals surface area (Å²) >= 11 is 4.94. The van der Waals surface area contributed by atoms with Crippen LogP contribution in [0.2, 0.25) is 0 Å². The minimum Gasteiger partial charge on any atom is -0.462 e. The van der Waals surface area contributed by atoms with Crippen LogP contribution in [0.25, 0.3) is 0 Å². The van der Waals surface area contributed by atoms with Crippen LogP contribution in [0, 0.1) is 18.6 Å². The number of H-pyrrole nitrogens is 2. The summed E-state index contributed by atoms with van der Waals surface area (Å²) < 4.78 is 6.51. The van der Waals surface area contributed by atoms with Crippen LogP contribution in [-0.4, -0.2) is 38.3 Å². The second-order valence-electron chi connectivity index (χ2n) is 4.32. The first-order valence-corrected chi connectivity index (χ1v) is 6.66. The van der Waals surface area contributed by atoms with E-state index in [0.717, 1.165) is 0 Å². The molecular weight excluding hydrogens is 294 g/mol. The maximum atomic E-state index is 12.2. The van der Waals surface area contributed by atoms with E-state index in [9.17, 15) is 9.59 Å². The zero-order valence-corrected chi connectivity index (χ0v) is 12.6. The number of amides is 1. The predicted octanol–water partition coefficient (Wildman–Crippen LogP) is 1.45. The Morgan fingerprint density at radius 2 is 2.19 bits per heavy atom. The van der Waals surface area contributed by atoms with Crippen LogP contribution in [0.15, 0.2) is 6.33 Å². The molecule has 0 atom stereocenters. The van der Waals surface area contributed by atoms with Crippen LogP contribution < -0.4 is 5.43 Å². The van der Waals surface area contributed by atoms with Crippen LogP contribution in [0.1, 0.15) is 39.0 Å². The number of aromatic amines is 2. The number of esters is 1. The molecule has 2 heterocycles. The van der Waals surface area contributed by atoms with Crippen LogP contribution in [0.3, 0.4) is 0 Å². The number of aromatic nitrogens is 4. The highest BCUT2D eigenvalue weighted by Crippen LogP contribution is 2.19. The van der Waals surface area contributed by atoms with E-state index < -0.39 is 11.9 Å². The van der Waals surface area contributed by atoms with Gasteiger partial charge in [0.2, 0.25) is 4.77 Å². The zero-order chi connectivity index (χ0) is 15.6. The normalized spacial score (nSPS) is 10.4. The Labute approximate surface area is 125 Å². The van der Waals surface area contributed by atoms with Crippen molar-refractivity contribution in [2.24, 2.45) is 0 Å². The van der Waals surface area contributed by atoms with Gasteiger partial charge < -0.3 is 9.72 Å². The first kappa shape index (κ1) is 15.0. The monoisotopic (exact) mass is 309 g/mol. The molecule has 0 aliphatic carbocycles. The van der Waals surface area contributed by atoms with Crippen molar-refractivity contribution in [1.29, 1.82) is 0 Å². The van der Waals surface area contributed by atoms with Crippen LogP contribution in [-0.2, 0) is 4.74 Å². The number of carbonyl (C=O) groups excluding carboxylic acids is 2. The van der Waals surface area contributed by atoms with Gasteiger partial charge in [0.15, 0.2) is 0 Å². The second kappa shape index (κ2) is 5.92. The molecule has 0 bridgehead atoms. The molecule has 9 heteroatoms. The topological polar surface area (TPSA) is 105 Å². The van der Waals surface area contributed by atoms with Crippen LogP contribution in [0.5, 0.6) is 0 Å². The lowest BCUT2D eigenvalue weighted by Crippen LogP contribution is -2.23. The Morgan fingerprint density at radius 3 is 2.76 bits per heavy atom. The van der Waals surface area contributed by atoms with E-state index in [0.29, 0.717) is 16.8 Å². The number of hydrogen-bond acceptors (Lipinski definition) is 5. The van der Waals surface area contributed by atoms with Crippen molar-refractivity contribution in [3.8, 4) is 0 Å². The highest BCUT2D eigenvalue weighted by molar-refractivity contribution is 7.71. The third kappa shape index (κ3) is 2.87. The average Bonchev–Trinajstić information content (AvgIpc) is 2.94. The second-order valence-corrected chi connectivity index (χ2v) is 4.70. The lowest BCUT2D eigenvalue weighted by molar-refractivity contribution is 0.0525. The van der Waals surface area contributed by atoms with E-state index in [2.05, 4.69) is 20.6 Å². The molecule has 1 amide bonds. The summed E-state index contributed by atoms with van der Waals surface area (Å²) in [5.41, 5.74) is 4.31. The summed E-state index contributed by atoms with van der Waals surface area (Å²) in [6.07, 6.45) is 1.34. The fourth-order valence-electron chi connectivity index (χ4n) is 1.98. The Bertz CT molecular complexity index is 742. The summed E-state index contributed by atoms with van der Waals surface area (Å²) in [5, 5.41) is 6.22. The SMILES string of the molecule is CCOC(=O)c1c(C)[nH]c(C(=O)Nn2cn[nH]c2=S)c1C. The zero-order valence-electron chi connectivity index (χ0n) is 11.8. The predicted molar refractivity (Wildman–Crippen MR) is 77.3 cm³/mol. The maximum absolute atomic E-state index is 12.2. The van der Waals surface area contributed by atoms with Crippen LogP contribution >= 0.6 is 12.2 Å². The van der Waals surface area contributed by atoms with Gasteiger partial charge in [0.1, 0.15) is 12.0 Å². The Morgan fingerprint density at radius 1 is 1.48 bits per heavy atom. The summed E-state index contributed by atoms with van der Waals surface area (Å²) in [4.78, 5) is 27.0. The van der Waals surface area contributed by atoms with E-state index in [1.807, 2.05) is 0 Å². The standard InChI is InChI=1S/C12H15N5O3S/c1-4-20-11(19)8-6(2)9(14-7(8)3)10(18)16-17-5-13-15-12(17)21/h5,14H,4H2,1-3H3,(H,15,21)(H,16,18). The molecule has 0 radical (unpaired) electrons. The molecule has 0 fully saturated rings. The number of nitrogens with one attached hydrogen (secondary N) is 3. The van der Waals surface area contributed by atoms with Crippen molar-refractivity contribution in [2.45, 2.75) is 20.8 Å². The van der Waals surface area contributed by atoms with Crippen molar-refractivity contribution in [3.63, 3.8) is 0 Å². The van der Waals surface area contributed by atoms with Gasteiger partial charge in [-0.3, -0.25) is 15.3 Å². The average molecular weight is 309 g/mol. The fraction of sp³-hybridized carbons (Fsp3) is 0.333. The quantitative estimate of drug-likeness (QED) is 0.585. The number of hydrogen-bond donors (Lipinski definition) is 3. The molecule has 0 saturated heterocycles. The molecule has 0 unspecified atom stereocenters. The summed E-state index contributed by atoms with van der Waals surface area (Å²) in [7, 11) is 0. The van der Waals surface area contributed by atoms with Crippen LogP contribution in [0.4, 0.5) is 0 Å². The van der Waals surface area contributed by atoms with Gasteiger partial charge in [0, 0.05) is 5.69 Å². The smallest absolute Gasteiger partial charge is 0.340 e.